The van der Waals surface area contributed by atoms with Crippen molar-refractivity contribution in [1.29, 1.82) is 0 Å². The molecule has 0 aliphatic rings. The van der Waals surface area contributed by atoms with E-state index < -0.39 is 11.9 Å². The second kappa shape index (κ2) is 8.56. The predicted molar refractivity (Wildman–Crippen MR) is 141 cm³/mol. The fourth-order valence-electron chi connectivity index (χ4n) is 4.45. The summed E-state index contributed by atoms with van der Waals surface area (Å²) in [5, 5.41) is 2.25. The molecule has 0 aliphatic heterocycles. The van der Waals surface area contributed by atoms with Crippen LogP contribution < -0.4 is 0 Å². The van der Waals surface area contributed by atoms with Gasteiger partial charge in [0.2, 0.25) is 0 Å². The summed E-state index contributed by atoms with van der Waals surface area (Å²) < 4.78 is 12.0. The number of hydrogen-bond donors (Lipinski definition) is 0. The highest BCUT2D eigenvalue weighted by Gasteiger charge is 2.22. The standard InChI is InChI=1S/C30H33NO4/c1-29(2,3)20-9-11-25-23(16-20)24-17-21(30(4,5)6)10-12-26(24)31(25)22-14-18(27(32)34-7)13-19(15-22)28(33)35-8/h9-17H,1-8H3. The molecule has 4 aromatic rings. The Morgan fingerprint density at radius 2 is 1.03 bits per heavy atom. The molecular formula is C30H33NO4. The Morgan fingerprint density at radius 1 is 0.629 bits per heavy atom. The number of carbonyl (C=O) groups excluding carboxylic acids is 2. The van der Waals surface area contributed by atoms with Crippen LogP contribution in [0.5, 0.6) is 0 Å². The van der Waals surface area contributed by atoms with Crippen LogP contribution in [0.1, 0.15) is 73.4 Å². The Hall–Kier alpha value is -3.60. The van der Waals surface area contributed by atoms with E-state index in [1.165, 1.54) is 31.4 Å². The van der Waals surface area contributed by atoms with Crippen molar-refractivity contribution >= 4 is 33.7 Å². The third-order valence-electron chi connectivity index (χ3n) is 6.52. The molecule has 0 amide bonds. The third-order valence-corrected chi connectivity index (χ3v) is 6.52. The zero-order chi connectivity index (χ0) is 25.7. The molecule has 4 rings (SSSR count). The third kappa shape index (κ3) is 4.43. The van der Waals surface area contributed by atoms with Gasteiger partial charge in [0.1, 0.15) is 0 Å². The van der Waals surface area contributed by atoms with Gasteiger partial charge < -0.3 is 14.0 Å². The molecule has 35 heavy (non-hydrogen) atoms. The quantitative estimate of drug-likeness (QED) is 0.303. The number of esters is 2. The van der Waals surface area contributed by atoms with E-state index in [0.717, 1.165) is 21.8 Å². The lowest BCUT2D eigenvalue weighted by atomic mass is 9.85. The number of carbonyl (C=O) groups is 2. The SMILES string of the molecule is COC(=O)c1cc(C(=O)OC)cc(-n2c3ccc(C(C)(C)C)cc3c3cc(C(C)(C)C)ccc32)c1. The van der Waals surface area contributed by atoms with Crippen LogP contribution >= 0.6 is 0 Å². The Morgan fingerprint density at radius 3 is 1.37 bits per heavy atom. The zero-order valence-electron chi connectivity index (χ0n) is 21.8. The molecule has 0 radical (unpaired) electrons. The van der Waals surface area contributed by atoms with Gasteiger partial charge in [0.15, 0.2) is 0 Å². The fraction of sp³-hybridized carbons (Fsp3) is 0.333. The lowest BCUT2D eigenvalue weighted by molar-refractivity contribution is 0.0599. The highest BCUT2D eigenvalue weighted by atomic mass is 16.5. The zero-order valence-corrected chi connectivity index (χ0v) is 21.8. The average Bonchev–Trinajstić information content (AvgIpc) is 3.14. The van der Waals surface area contributed by atoms with Gasteiger partial charge in [0.05, 0.1) is 36.4 Å². The van der Waals surface area contributed by atoms with Crippen LogP contribution in [0.2, 0.25) is 0 Å². The van der Waals surface area contributed by atoms with Crippen molar-refractivity contribution in [2.24, 2.45) is 0 Å². The first-order valence-electron chi connectivity index (χ1n) is 11.8. The maximum Gasteiger partial charge on any atom is 0.337 e. The van der Waals surface area contributed by atoms with E-state index in [0.29, 0.717) is 5.69 Å². The largest absolute Gasteiger partial charge is 0.465 e. The van der Waals surface area contributed by atoms with Crippen LogP contribution in [0.25, 0.3) is 27.5 Å². The first-order valence-corrected chi connectivity index (χ1v) is 11.8. The molecular weight excluding hydrogens is 438 g/mol. The van der Waals surface area contributed by atoms with Crippen molar-refractivity contribution in [3.63, 3.8) is 0 Å². The van der Waals surface area contributed by atoms with Gasteiger partial charge in [0.25, 0.3) is 0 Å². The summed E-state index contributed by atoms with van der Waals surface area (Å²) in [7, 11) is 2.66. The number of fused-ring (bicyclic) bond motifs is 3. The molecule has 0 N–H and O–H groups in total. The second-order valence-electron chi connectivity index (χ2n) is 11.1. The molecule has 0 fully saturated rings. The smallest absolute Gasteiger partial charge is 0.337 e. The Kier molecular flexibility index (Phi) is 6.00. The minimum Gasteiger partial charge on any atom is -0.465 e. The lowest BCUT2D eigenvalue weighted by Crippen LogP contribution is -2.10. The topological polar surface area (TPSA) is 57.5 Å². The monoisotopic (exact) mass is 471 g/mol. The van der Waals surface area contributed by atoms with E-state index in [4.69, 9.17) is 9.47 Å². The van der Waals surface area contributed by atoms with Gasteiger partial charge in [-0.15, -0.1) is 0 Å². The summed E-state index contributed by atoms with van der Waals surface area (Å²) in [6, 6.07) is 18.1. The van der Waals surface area contributed by atoms with Gasteiger partial charge in [-0.3, -0.25) is 0 Å². The van der Waals surface area contributed by atoms with Crippen LogP contribution in [-0.2, 0) is 20.3 Å². The number of ether oxygens (including phenoxy) is 2. The molecule has 182 valence electrons. The number of nitrogens with zero attached hydrogens (tertiary/aromatic N) is 1. The predicted octanol–water partition coefficient (Wildman–Crippen LogP) is 6.95. The number of benzene rings is 3. The van der Waals surface area contributed by atoms with E-state index in [1.807, 2.05) is 0 Å². The summed E-state index contributed by atoms with van der Waals surface area (Å²) >= 11 is 0. The molecule has 1 aromatic heterocycles. The molecule has 0 saturated carbocycles. The van der Waals surface area contributed by atoms with Gasteiger partial charge in [0, 0.05) is 16.5 Å². The first kappa shape index (κ1) is 24.5. The van der Waals surface area contributed by atoms with E-state index >= 15 is 0 Å². The molecule has 5 heteroatoms. The van der Waals surface area contributed by atoms with Crippen LogP contribution in [0, 0.1) is 0 Å². The van der Waals surface area contributed by atoms with Crippen LogP contribution in [-0.4, -0.2) is 30.7 Å². The van der Waals surface area contributed by atoms with Crippen molar-refractivity contribution in [3.8, 4) is 5.69 Å². The van der Waals surface area contributed by atoms with Crippen LogP contribution in [0.3, 0.4) is 0 Å². The molecule has 0 saturated heterocycles. The molecule has 1 heterocycles. The van der Waals surface area contributed by atoms with Crippen molar-refractivity contribution in [1.82, 2.24) is 4.57 Å². The average molecular weight is 472 g/mol. The van der Waals surface area contributed by atoms with E-state index in [-0.39, 0.29) is 22.0 Å². The fourth-order valence-corrected chi connectivity index (χ4v) is 4.45. The molecule has 0 bridgehead atoms. The maximum atomic E-state index is 12.5. The minimum absolute atomic E-state index is 0.00684. The summed E-state index contributed by atoms with van der Waals surface area (Å²) in [4.78, 5) is 24.9. The number of methoxy groups -OCH3 is 2. The highest BCUT2D eigenvalue weighted by Crippen LogP contribution is 2.37. The minimum atomic E-state index is -0.511. The normalized spacial score (nSPS) is 12.2. The Labute approximate surface area is 206 Å². The van der Waals surface area contributed by atoms with Gasteiger partial charge in [-0.05, 0) is 64.4 Å². The van der Waals surface area contributed by atoms with Crippen molar-refractivity contribution in [3.05, 3.63) is 76.9 Å². The first-order chi connectivity index (χ1) is 16.3. The summed E-state index contributed by atoms with van der Waals surface area (Å²) in [6.45, 7) is 13.2. The van der Waals surface area contributed by atoms with Crippen LogP contribution in [0.15, 0.2) is 54.6 Å². The van der Waals surface area contributed by atoms with E-state index in [2.05, 4.69) is 82.5 Å². The van der Waals surface area contributed by atoms with Gasteiger partial charge >= 0.3 is 11.9 Å². The lowest BCUT2D eigenvalue weighted by Gasteiger charge is -2.19. The molecule has 0 atom stereocenters. The molecule has 0 aliphatic carbocycles. The van der Waals surface area contributed by atoms with E-state index in [9.17, 15) is 9.59 Å². The summed E-state index contributed by atoms with van der Waals surface area (Å²) in [6.07, 6.45) is 0. The number of hydrogen-bond acceptors (Lipinski definition) is 4. The Balaban J connectivity index is 2.12. The number of rotatable bonds is 3. The maximum absolute atomic E-state index is 12.5. The molecule has 3 aromatic carbocycles. The van der Waals surface area contributed by atoms with Gasteiger partial charge in [-0.1, -0.05) is 53.7 Å². The summed E-state index contributed by atoms with van der Waals surface area (Å²) in [5.41, 5.74) is 5.73. The summed E-state index contributed by atoms with van der Waals surface area (Å²) in [5.74, 6) is -1.02. The second-order valence-corrected chi connectivity index (χ2v) is 11.1. The highest BCUT2D eigenvalue weighted by molar-refractivity contribution is 6.10. The number of aromatic nitrogens is 1. The van der Waals surface area contributed by atoms with Crippen molar-refractivity contribution in [2.45, 2.75) is 52.4 Å². The Bertz CT molecular complexity index is 1360. The van der Waals surface area contributed by atoms with Crippen molar-refractivity contribution < 1.29 is 19.1 Å². The van der Waals surface area contributed by atoms with Crippen molar-refractivity contribution in [2.75, 3.05) is 14.2 Å². The van der Waals surface area contributed by atoms with Gasteiger partial charge in [-0.25, -0.2) is 9.59 Å². The van der Waals surface area contributed by atoms with Gasteiger partial charge in [-0.2, -0.15) is 0 Å². The molecule has 5 nitrogen and oxygen atoms in total. The van der Waals surface area contributed by atoms with E-state index in [1.54, 1.807) is 12.1 Å². The molecule has 0 spiro atoms. The molecule has 0 unspecified atom stereocenters. The van der Waals surface area contributed by atoms with Crippen LogP contribution in [0.4, 0.5) is 0 Å².